The highest BCUT2D eigenvalue weighted by atomic mass is 15.3. The Morgan fingerprint density at radius 3 is 2.69 bits per heavy atom. The van der Waals surface area contributed by atoms with Crippen LogP contribution in [0.3, 0.4) is 0 Å². The predicted octanol–water partition coefficient (Wildman–Crippen LogP) is 0.386. The van der Waals surface area contributed by atoms with Crippen LogP contribution < -0.4 is 16.4 Å². The topological polar surface area (TPSA) is 71.4 Å². The quantitative estimate of drug-likeness (QED) is 0.717. The standard InChI is InChI=1S/C11H19N5/c1-8-7-16(6-5-15(8)2)10-4-3-9(12)11(13)14-10/h3-4,8H,5-7,12H2,1-2H3,(H2,13,14). The minimum Gasteiger partial charge on any atom is -0.396 e. The number of anilines is 3. The second kappa shape index (κ2) is 4.17. The van der Waals surface area contributed by atoms with Gasteiger partial charge in [0, 0.05) is 25.7 Å². The minimum absolute atomic E-state index is 0.420. The first-order chi connectivity index (χ1) is 7.58. The third-order valence-electron chi connectivity index (χ3n) is 3.23. The minimum atomic E-state index is 0.420. The van der Waals surface area contributed by atoms with E-state index < -0.39 is 0 Å². The average Bonchev–Trinajstić information content (AvgIpc) is 2.26. The number of rotatable bonds is 1. The van der Waals surface area contributed by atoms with E-state index in [0.29, 0.717) is 17.5 Å². The van der Waals surface area contributed by atoms with Gasteiger partial charge in [-0.3, -0.25) is 0 Å². The van der Waals surface area contributed by atoms with Crippen molar-refractivity contribution in [3.05, 3.63) is 12.1 Å². The number of nitrogen functional groups attached to an aromatic ring is 2. The van der Waals surface area contributed by atoms with Crippen LogP contribution in [-0.4, -0.2) is 42.6 Å². The summed E-state index contributed by atoms with van der Waals surface area (Å²) < 4.78 is 0. The highest BCUT2D eigenvalue weighted by Crippen LogP contribution is 2.20. The second-order valence-corrected chi connectivity index (χ2v) is 4.42. The fraction of sp³-hybridized carbons (Fsp3) is 0.545. The molecule has 88 valence electrons. The lowest BCUT2D eigenvalue weighted by atomic mass is 10.2. The molecule has 2 rings (SSSR count). The molecule has 1 aromatic rings. The third kappa shape index (κ3) is 2.04. The van der Waals surface area contributed by atoms with Crippen molar-refractivity contribution < 1.29 is 0 Å². The van der Waals surface area contributed by atoms with Crippen molar-refractivity contribution in [2.75, 3.05) is 43.0 Å². The second-order valence-electron chi connectivity index (χ2n) is 4.42. The molecule has 0 spiro atoms. The summed E-state index contributed by atoms with van der Waals surface area (Å²) in [5.74, 6) is 1.34. The zero-order valence-corrected chi connectivity index (χ0v) is 9.85. The normalized spacial score (nSPS) is 22.4. The van der Waals surface area contributed by atoms with Crippen LogP contribution >= 0.6 is 0 Å². The molecule has 1 fully saturated rings. The van der Waals surface area contributed by atoms with Crippen molar-refractivity contribution in [2.24, 2.45) is 0 Å². The van der Waals surface area contributed by atoms with Crippen LogP contribution in [0.25, 0.3) is 0 Å². The molecule has 2 heterocycles. The highest BCUT2D eigenvalue weighted by molar-refractivity contribution is 5.62. The summed E-state index contributed by atoms with van der Waals surface area (Å²) in [5.41, 5.74) is 11.9. The lowest BCUT2D eigenvalue weighted by Crippen LogP contribution is -2.50. The molecule has 0 bridgehead atoms. The van der Waals surface area contributed by atoms with Crippen LogP contribution in [0.2, 0.25) is 0 Å². The molecule has 0 amide bonds. The van der Waals surface area contributed by atoms with E-state index in [2.05, 4.69) is 28.8 Å². The summed E-state index contributed by atoms with van der Waals surface area (Å²) >= 11 is 0. The number of likely N-dealkylation sites (N-methyl/N-ethyl adjacent to an activating group) is 1. The van der Waals surface area contributed by atoms with Crippen molar-refractivity contribution in [3.63, 3.8) is 0 Å². The van der Waals surface area contributed by atoms with Crippen molar-refractivity contribution in [3.8, 4) is 0 Å². The van der Waals surface area contributed by atoms with Gasteiger partial charge in [0.2, 0.25) is 0 Å². The Labute approximate surface area is 96.0 Å². The fourth-order valence-electron chi connectivity index (χ4n) is 1.91. The molecule has 0 radical (unpaired) electrons. The van der Waals surface area contributed by atoms with Crippen LogP contribution in [0.5, 0.6) is 0 Å². The SMILES string of the molecule is CC1CN(c2ccc(N)c(N)n2)CCN1C. The molecule has 5 heteroatoms. The van der Waals surface area contributed by atoms with Crippen LogP contribution in [0, 0.1) is 0 Å². The number of piperazine rings is 1. The van der Waals surface area contributed by atoms with Crippen LogP contribution in [-0.2, 0) is 0 Å². The molecule has 1 atom stereocenters. The molecular weight excluding hydrogens is 202 g/mol. The van der Waals surface area contributed by atoms with Crippen LogP contribution in [0.15, 0.2) is 12.1 Å². The van der Waals surface area contributed by atoms with E-state index in [4.69, 9.17) is 11.5 Å². The maximum atomic E-state index is 5.72. The Bertz CT molecular complexity index is 379. The van der Waals surface area contributed by atoms with E-state index in [1.165, 1.54) is 0 Å². The summed E-state index contributed by atoms with van der Waals surface area (Å²) in [5, 5.41) is 0. The number of nitrogens with zero attached hydrogens (tertiary/aromatic N) is 3. The van der Waals surface area contributed by atoms with E-state index in [1.54, 1.807) is 0 Å². The monoisotopic (exact) mass is 221 g/mol. The first-order valence-corrected chi connectivity index (χ1v) is 5.55. The maximum absolute atomic E-state index is 5.72. The van der Waals surface area contributed by atoms with Crippen molar-refractivity contribution in [2.45, 2.75) is 13.0 Å². The first-order valence-electron chi connectivity index (χ1n) is 5.55. The average molecular weight is 221 g/mol. The van der Waals surface area contributed by atoms with Crippen LogP contribution in [0.1, 0.15) is 6.92 Å². The lowest BCUT2D eigenvalue weighted by Gasteiger charge is -2.38. The van der Waals surface area contributed by atoms with Gasteiger partial charge in [0.05, 0.1) is 5.69 Å². The molecule has 1 aromatic heterocycles. The van der Waals surface area contributed by atoms with Gasteiger partial charge in [-0.15, -0.1) is 0 Å². The Balaban J connectivity index is 2.15. The van der Waals surface area contributed by atoms with Gasteiger partial charge in [-0.1, -0.05) is 0 Å². The Hall–Kier alpha value is -1.49. The van der Waals surface area contributed by atoms with Gasteiger partial charge < -0.3 is 21.3 Å². The molecule has 1 aliphatic rings. The van der Waals surface area contributed by atoms with Gasteiger partial charge in [0.1, 0.15) is 11.6 Å². The highest BCUT2D eigenvalue weighted by Gasteiger charge is 2.21. The molecule has 0 aliphatic carbocycles. The van der Waals surface area contributed by atoms with E-state index in [0.717, 1.165) is 25.5 Å². The molecule has 5 nitrogen and oxygen atoms in total. The van der Waals surface area contributed by atoms with Gasteiger partial charge in [-0.25, -0.2) is 4.98 Å². The summed E-state index contributed by atoms with van der Waals surface area (Å²) in [4.78, 5) is 8.91. The van der Waals surface area contributed by atoms with E-state index in [1.807, 2.05) is 12.1 Å². The maximum Gasteiger partial charge on any atom is 0.149 e. The number of aromatic nitrogens is 1. The zero-order chi connectivity index (χ0) is 11.7. The fourth-order valence-corrected chi connectivity index (χ4v) is 1.91. The predicted molar refractivity (Wildman–Crippen MR) is 67.4 cm³/mol. The molecule has 1 unspecified atom stereocenters. The Kier molecular flexibility index (Phi) is 2.87. The number of hydrogen-bond acceptors (Lipinski definition) is 5. The summed E-state index contributed by atoms with van der Waals surface area (Å²) in [6.45, 7) is 5.23. The molecular formula is C11H19N5. The Morgan fingerprint density at radius 2 is 2.06 bits per heavy atom. The van der Waals surface area contributed by atoms with Gasteiger partial charge in [-0.2, -0.15) is 0 Å². The molecule has 4 N–H and O–H groups in total. The van der Waals surface area contributed by atoms with Crippen molar-refractivity contribution in [1.82, 2.24) is 9.88 Å². The third-order valence-corrected chi connectivity index (χ3v) is 3.23. The van der Waals surface area contributed by atoms with Crippen LogP contribution in [0.4, 0.5) is 17.3 Å². The van der Waals surface area contributed by atoms with E-state index >= 15 is 0 Å². The number of pyridine rings is 1. The largest absolute Gasteiger partial charge is 0.396 e. The summed E-state index contributed by atoms with van der Waals surface area (Å²) in [6.07, 6.45) is 0. The van der Waals surface area contributed by atoms with E-state index in [-0.39, 0.29) is 0 Å². The smallest absolute Gasteiger partial charge is 0.149 e. The van der Waals surface area contributed by atoms with Gasteiger partial charge in [0.15, 0.2) is 0 Å². The molecule has 1 aliphatic heterocycles. The molecule has 0 aromatic carbocycles. The zero-order valence-electron chi connectivity index (χ0n) is 9.85. The van der Waals surface area contributed by atoms with Crippen molar-refractivity contribution >= 4 is 17.3 Å². The van der Waals surface area contributed by atoms with E-state index in [9.17, 15) is 0 Å². The van der Waals surface area contributed by atoms with Gasteiger partial charge in [0.25, 0.3) is 0 Å². The summed E-state index contributed by atoms with van der Waals surface area (Å²) in [7, 11) is 2.15. The molecule has 0 saturated carbocycles. The lowest BCUT2D eigenvalue weighted by molar-refractivity contribution is 0.233. The Morgan fingerprint density at radius 1 is 1.31 bits per heavy atom. The number of nitrogens with two attached hydrogens (primary N) is 2. The number of hydrogen-bond donors (Lipinski definition) is 2. The van der Waals surface area contributed by atoms with Crippen molar-refractivity contribution in [1.29, 1.82) is 0 Å². The van der Waals surface area contributed by atoms with Gasteiger partial charge in [-0.05, 0) is 26.1 Å². The molecule has 16 heavy (non-hydrogen) atoms. The van der Waals surface area contributed by atoms with Gasteiger partial charge >= 0.3 is 0 Å². The molecule has 1 saturated heterocycles. The summed E-state index contributed by atoms with van der Waals surface area (Å²) in [6, 6.07) is 4.29. The first kappa shape index (κ1) is 11.0.